The molecule has 0 aliphatic rings. The van der Waals surface area contributed by atoms with Gasteiger partial charge in [0, 0.05) is 36.9 Å². The summed E-state index contributed by atoms with van der Waals surface area (Å²) in [5.74, 6) is 0.292. The number of aryl methyl sites for hydroxylation is 2. The number of carbonyl (C=O) groups is 1. The molecule has 2 heterocycles. The lowest BCUT2D eigenvalue weighted by Crippen LogP contribution is -2.31. The van der Waals surface area contributed by atoms with Crippen molar-refractivity contribution in [2.75, 3.05) is 16.8 Å². The second-order valence-electron chi connectivity index (χ2n) is 6.32. The number of pyridine rings is 1. The van der Waals surface area contributed by atoms with E-state index in [1.54, 1.807) is 23.4 Å². The van der Waals surface area contributed by atoms with E-state index < -0.39 is 0 Å². The highest BCUT2D eigenvalue weighted by molar-refractivity contribution is 6.05. The summed E-state index contributed by atoms with van der Waals surface area (Å²) in [5, 5.41) is 3.17. The number of carbonyl (C=O) groups excluding carboxylic acids is 1. The van der Waals surface area contributed by atoms with Gasteiger partial charge in [-0.3, -0.25) is 9.78 Å². The minimum absolute atomic E-state index is 0.141. The molecule has 2 aromatic heterocycles. The topological polar surface area (TPSA) is 71.0 Å². The molecule has 3 rings (SSSR count). The molecule has 0 unspecified atom stereocenters. The molecule has 0 atom stereocenters. The van der Waals surface area contributed by atoms with E-state index in [1.807, 2.05) is 57.2 Å². The molecule has 27 heavy (non-hydrogen) atoms. The predicted molar refractivity (Wildman–Crippen MR) is 107 cm³/mol. The molecule has 0 aliphatic carbocycles. The smallest absolute Gasteiger partial charge is 0.277 e. The van der Waals surface area contributed by atoms with Gasteiger partial charge in [0.15, 0.2) is 0 Å². The summed E-state index contributed by atoms with van der Waals surface area (Å²) in [4.78, 5) is 27.7. The standard InChI is InChI=1S/C21H23N5O/c1-4-26(18-9-5-7-15(2)11-18)20(27)19-12-16(3)24-21(25-19)23-14-17-8-6-10-22-13-17/h5-13H,4,14H2,1-3H3,(H,23,24,25). The summed E-state index contributed by atoms with van der Waals surface area (Å²) in [6.07, 6.45) is 3.51. The Labute approximate surface area is 159 Å². The molecule has 3 aromatic rings. The Balaban J connectivity index is 1.82. The minimum atomic E-state index is -0.141. The van der Waals surface area contributed by atoms with E-state index >= 15 is 0 Å². The third-order valence-corrected chi connectivity index (χ3v) is 4.12. The first kappa shape index (κ1) is 18.5. The van der Waals surface area contributed by atoms with Crippen molar-refractivity contribution in [1.82, 2.24) is 15.0 Å². The lowest BCUT2D eigenvalue weighted by atomic mass is 10.2. The van der Waals surface area contributed by atoms with Crippen LogP contribution in [0.25, 0.3) is 0 Å². The summed E-state index contributed by atoms with van der Waals surface area (Å²) >= 11 is 0. The second-order valence-corrected chi connectivity index (χ2v) is 6.32. The van der Waals surface area contributed by atoms with Crippen molar-refractivity contribution in [3.05, 3.63) is 77.4 Å². The second kappa shape index (κ2) is 8.40. The van der Waals surface area contributed by atoms with E-state index in [1.165, 1.54) is 0 Å². The SMILES string of the molecule is CCN(C(=O)c1cc(C)nc(NCc2cccnc2)n1)c1cccc(C)c1. The number of nitrogens with one attached hydrogen (secondary N) is 1. The summed E-state index contributed by atoms with van der Waals surface area (Å²) in [6, 6.07) is 13.5. The largest absolute Gasteiger partial charge is 0.350 e. The van der Waals surface area contributed by atoms with Crippen molar-refractivity contribution < 1.29 is 4.79 Å². The molecule has 0 fully saturated rings. The average molecular weight is 361 g/mol. The van der Waals surface area contributed by atoms with E-state index in [0.717, 1.165) is 22.5 Å². The van der Waals surface area contributed by atoms with E-state index in [0.29, 0.717) is 24.7 Å². The van der Waals surface area contributed by atoms with Crippen LogP contribution >= 0.6 is 0 Å². The number of rotatable bonds is 6. The van der Waals surface area contributed by atoms with Crippen molar-refractivity contribution in [2.45, 2.75) is 27.3 Å². The van der Waals surface area contributed by atoms with Crippen molar-refractivity contribution in [3.63, 3.8) is 0 Å². The third kappa shape index (κ3) is 4.67. The summed E-state index contributed by atoms with van der Waals surface area (Å²) in [6.45, 7) is 6.92. The van der Waals surface area contributed by atoms with Gasteiger partial charge in [-0.05, 0) is 56.2 Å². The Bertz CT molecular complexity index is 927. The maximum absolute atomic E-state index is 13.1. The van der Waals surface area contributed by atoms with Crippen LogP contribution in [0.5, 0.6) is 0 Å². The van der Waals surface area contributed by atoms with E-state index in [-0.39, 0.29) is 5.91 Å². The van der Waals surface area contributed by atoms with Crippen LogP contribution in [0.2, 0.25) is 0 Å². The summed E-state index contributed by atoms with van der Waals surface area (Å²) < 4.78 is 0. The maximum atomic E-state index is 13.1. The van der Waals surface area contributed by atoms with Gasteiger partial charge in [0.2, 0.25) is 5.95 Å². The summed E-state index contributed by atoms with van der Waals surface area (Å²) in [5.41, 5.74) is 4.10. The molecule has 0 spiro atoms. The first-order valence-electron chi connectivity index (χ1n) is 8.94. The van der Waals surface area contributed by atoms with Gasteiger partial charge in [-0.25, -0.2) is 9.97 Å². The molecule has 138 valence electrons. The molecule has 0 bridgehead atoms. The normalized spacial score (nSPS) is 10.5. The molecular weight excluding hydrogens is 338 g/mol. The predicted octanol–water partition coefficient (Wildman–Crippen LogP) is 3.77. The molecule has 0 aliphatic heterocycles. The van der Waals surface area contributed by atoms with Crippen LogP contribution in [-0.2, 0) is 6.54 Å². The molecule has 0 saturated carbocycles. The van der Waals surface area contributed by atoms with Crippen molar-refractivity contribution >= 4 is 17.5 Å². The van der Waals surface area contributed by atoms with Crippen molar-refractivity contribution in [1.29, 1.82) is 0 Å². The van der Waals surface area contributed by atoms with Crippen LogP contribution in [0.15, 0.2) is 54.9 Å². The van der Waals surface area contributed by atoms with E-state index in [4.69, 9.17) is 0 Å². The van der Waals surface area contributed by atoms with Crippen LogP contribution in [-0.4, -0.2) is 27.4 Å². The van der Waals surface area contributed by atoms with Gasteiger partial charge >= 0.3 is 0 Å². The molecule has 1 aromatic carbocycles. The molecule has 0 saturated heterocycles. The number of nitrogens with zero attached hydrogens (tertiary/aromatic N) is 4. The fourth-order valence-corrected chi connectivity index (χ4v) is 2.82. The Morgan fingerprint density at radius 1 is 1.11 bits per heavy atom. The van der Waals surface area contributed by atoms with Gasteiger partial charge in [0.05, 0.1) is 0 Å². The number of amides is 1. The molecular formula is C21H23N5O. The molecule has 1 amide bonds. The fourth-order valence-electron chi connectivity index (χ4n) is 2.82. The lowest BCUT2D eigenvalue weighted by Gasteiger charge is -2.21. The van der Waals surface area contributed by atoms with Gasteiger partial charge in [-0.15, -0.1) is 0 Å². The van der Waals surface area contributed by atoms with Crippen molar-refractivity contribution in [3.8, 4) is 0 Å². The highest BCUT2D eigenvalue weighted by atomic mass is 16.2. The van der Waals surface area contributed by atoms with Gasteiger partial charge in [-0.1, -0.05) is 18.2 Å². The number of hydrogen-bond donors (Lipinski definition) is 1. The number of aromatic nitrogens is 3. The Morgan fingerprint density at radius 2 is 1.96 bits per heavy atom. The zero-order valence-corrected chi connectivity index (χ0v) is 15.8. The zero-order chi connectivity index (χ0) is 19.2. The average Bonchev–Trinajstić information content (AvgIpc) is 2.67. The number of benzene rings is 1. The minimum Gasteiger partial charge on any atom is -0.350 e. The van der Waals surface area contributed by atoms with E-state index in [2.05, 4.69) is 20.3 Å². The molecule has 1 N–H and O–H groups in total. The molecule has 6 heteroatoms. The van der Waals surface area contributed by atoms with Crippen LogP contribution < -0.4 is 10.2 Å². The van der Waals surface area contributed by atoms with Crippen LogP contribution in [0.4, 0.5) is 11.6 Å². The highest BCUT2D eigenvalue weighted by Crippen LogP contribution is 2.19. The lowest BCUT2D eigenvalue weighted by molar-refractivity contribution is 0.0983. The fraction of sp³-hybridized carbons (Fsp3) is 0.238. The first-order chi connectivity index (χ1) is 13.1. The van der Waals surface area contributed by atoms with Gasteiger partial charge in [0.1, 0.15) is 5.69 Å². The third-order valence-electron chi connectivity index (χ3n) is 4.12. The Kier molecular flexibility index (Phi) is 5.76. The van der Waals surface area contributed by atoms with Crippen LogP contribution in [0.1, 0.15) is 34.2 Å². The molecule has 6 nitrogen and oxygen atoms in total. The Hall–Kier alpha value is -3.28. The van der Waals surface area contributed by atoms with Gasteiger partial charge < -0.3 is 10.2 Å². The number of anilines is 2. The molecule has 0 radical (unpaired) electrons. The van der Waals surface area contributed by atoms with Gasteiger partial charge in [-0.2, -0.15) is 0 Å². The maximum Gasteiger partial charge on any atom is 0.277 e. The monoisotopic (exact) mass is 361 g/mol. The summed E-state index contributed by atoms with van der Waals surface area (Å²) in [7, 11) is 0. The highest BCUT2D eigenvalue weighted by Gasteiger charge is 2.19. The van der Waals surface area contributed by atoms with Gasteiger partial charge in [0.25, 0.3) is 5.91 Å². The van der Waals surface area contributed by atoms with E-state index in [9.17, 15) is 4.79 Å². The van der Waals surface area contributed by atoms with Crippen molar-refractivity contribution in [2.24, 2.45) is 0 Å². The van der Waals surface area contributed by atoms with Crippen LogP contribution in [0.3, 0.4) is 0 Å². The Morgan fingerprint density at radius 3 is 2.67 bits per heavy atom. The van der Waals surface area contributed by atoms with Crippen LogP contribution in [0, 0.1) is 13.8 Å². The quantitative estimate of drug-likeness (QED) is 0.724. The number of hydrogen-bond acceptors (Lipinski definition) is 5. The first-order valence-corrected chi connectivity index (χ1v) is 8.94. The zero-order valence-electron chi connectivity index (χ0n) is 15.8.